The largest absolute Gasteiger partial charge is 0.433 e. The van der Waals surface area contributed by atoms with Crippen LogP contribution in [0.2, 0.25) is 5.02 Å². The minimum absolute atomic E-state index is 0.00526. The lowest BCUT2D eigenvalue weighted by atomic mass is 9.80. The van der Waals surface area contributed by atoms with Gasteiger partial charge in [0, 0.05) is 23.4 Å². The number of benzene rings is 2. The monoisotopic (exact) mass is 525 g/mol. The molecule has 3 N–H and O–H groups in total. The summed E-state index contributed by atoms with van der Waals surface area (Å²) in [5.41, 5.74) is 5.75. The molecule has 0 aliphatic heterocycles. The van der Waals surface area contributed by atoms with E-state index < -0.39 is 27.6 Å². The van der Waals surface area contributed by atoms with Crippen molar-refractivity contribution in [1.29, 1.82) is 0 Å². The topological polar surface area (TPSA) is 102 Å². The van der Waals surface area contributed by atoms with Gasteiger partial charge in [-0.15, -0.1) is 0 Å². The number of carbonyl (C=O) groups is 1. The van der Waals surface area contributed by atoms with Gasteiger partial charge in [0.1, 0.15) is 5.69 Å². The van der Waals surface area contributed by atoms with Crippen molar-refractivity contribution in [3.8, 4) is 0 Å². The van der Waals surface area contributed by atoms with Crippen LogP contribution >= 0.6 is 11.6 Å². The van der Waals surface area contributed by atoms with Gasteiger partial charge >= 0.3 is 6.18 Å². The summed E-state index contributed by atoms with van der Waals surface area (Å²) >= 11 is 6.22. The van der Waals surface area contributed by atoms with Crippen molar-refractivity contribution in [2.24, 2.45) is 5.73 Å². The van der Waals surface area contributed by atoms with Crippen LogP contribution in [-0.2, 0) is 16.0 Å². The van der Waals surface area contributed by atoms with E-state index in [1.54, 1.807) is 18.2 Å². The van der Waals surface area contributed by atoms with Crippen LogP contribution in [0.5, 0.6) is 0 Å². The van der Waals surface area contributed by atoms with Crippen molar-refractivity contribution in [3.63, 3.8) is 0 Å². The van der Waals surface area contributed by atoms with Gasteiger partial charge in [0.05, 0.1) is 21.0 Å². The third-order valence-electron chi connectivity index (χ3n) is 6.30. The van der Waals surface area contributed by atoms with Crippen LogP contribution in [0, 0.1) is 0 Å². The number of para-hydroxylation sites is 1. The van der Waals surface area contributed by atoms with Crippen LogP contribution in [0.15, 0.2) is 47.4 Å². The van der Waals surface area contributed by atoms with Gasteiger partial charge in [0.25, 0.3) is 5.91 Å². The minimum Gasteiger partial charge on any atom is -0.382 e. The lowest BCUT2D eigenvalue weighted by Gasteiger charge is -2.31. The number of primary amides is 1. The van der Waals surface area contributed by atoms with Gasteiger partial charge in [-0.2, -0.15) is 13.2 Å². The maximum absolute atomic E-state index is 13.4. The first kappa shape index (κ1) is 25.2. The average molecular weight is 526 g/mol. The van der Waals surface area contributed by atoms with Gasteiger partial charge in [-0.1, -0.05) is 29.8 Å². The summed E-state index contributed by atoms with van der Waals surface area (Å²) in [5, 5.41) is 3.81. The average Bonchev–Trinajstić information content (AvgIpc) is 2.77. The fourth-order valence-corrected chi connectivity index (χ4v) is 5.66. The van der Waals surface area contributed by atoms with E-state index in [-0.39, 0.29) is 33.0 Å². The van der Waals surface area contributed by atoms with Gasteiger partial charge < -0.3 is 11.1 Å². The highest BCUT2D eigenvalue weighted by Crippen LogP contribution is 2.40. The zero-order valence-electron chi connectivity index (χ0n) is 18.7. The maximum Gasteiger partial charge on any atom is 0.433 e. The third-order valence-corrected chi connectivity index (χ3v) is 7.69. The molecule has 186 valence electrons. The summed E-state index contributed by atoms with van der Waals surface area (Å²) < 4.78 is 64.3. The second-order valence-corrected chi connectivity index (χ2v) is 11.2. The predicted octanol–water partition coefficient (Wildman–Crippen LogP) is 5.55. The highest BCUT2D eigenvalue weighted by atomic mass is 35.5. The molecule has 1 heterocycles. The molecule has 1 fully saturated rings. The van der Waals surface area contributed by atoms with E-state index in [0.29, 0.717) is 42.3 Å². The van der Waals surface area contributed by atoms with E-state index >= 15 is 0 Å². The van der Waals surface area contributed by atoms with Crippen LogP contribution in [0.4, 0.5) is 18.9 Å². The lowest BCUT2D eigenvalue weighted by Crippen LogP contribution is -2.27. The Kier molecular flexibility index (Phi) is 6.72. The summed E-state index contributed by atoms with van der Waals surface area (Å²) in [5.74, 6) is -0.914. The molecule has 0 radical (unpaired) electrons. The molecule has 1 amide bonds. The van der Waals surface area contributed by atoms with Crippen molar-refractivity contribution in [2.45, 2.75) is 48.7 Å². The van der Waals surface area contributed by atoms with Crippen molar-refractivity contribution < 1.29 is 26.4 Å². The Labute approximate surface area is 205 Å². The number of halogens is 4. The Morgan fingerprint density at radius 3 is 2.37 bits per heavy atom. The van der Waals surface area contributed by atoms with E-state index in [1.165, 1.54) is 18.2 Å². The third kappa shape index (κ3) is 5.38. The molecule has 1 aliphatic carbocycles. The molecule has 4 rings (SSSR count). The number of rotatable bonds is 5. The molecule has 1 saturated carbocycles. The molecule has 11 heteroatoms. The number of amides is 1. The quantitative estimate of drug-likeness (QED) is 0.455. The van der Waals surface area contributed by atoms with Crippen LogP contribution in [0.25, 0.3) is 10.9 Å². The number of anilines is 1. The number of pyridine rings is 1. The van der Waals surface area contributed by atoms with Crippen LogP contribution < -0.4 is 11.1 Å². The normalized spacial score (nSPS) is 19.0. The van der Waals surface area contributed by atoms with Crippen molar-refractivity contribution in [2.75, 3.05) is 11.6 Å². The van der Waals surface area contributed by atoms with Crippen LogP contribution in [0.1, 0.15) is 53.2 Å². The number of nitrogens with one attached hydrogen (secondary N) is 1. The summed E-state index contributed by atoms with van der Waals surface area (Å²) in [7, 11) is -3.56. The standard InChI is InChI=1S/C24H23ClF3N3O3S/c1-35(33,34)15-10-17(22(23(29)32)18(25)11-15)13-6-8-14(9-7-13)30-20-12-21(24(26,27)28)31-19-5-3-2-4-16(19)20/h2-5,10-14H,6-9H2,1H3,(H2,29,32)(H,30,31). The second kappa shape index (κ2) is 9.31. The molecular formula is C24H23ClF3N3O3S. The number of aromatic nitrogens is 1. The molecule has 1 aliphatic rings. The number of nitrogens with two attached hydrogens (primary N) is 1. The molecule has 0 unspecified atom stereocenters. The lowest BCUT2D eigenvalue weighted by molar-refractivity contribution is -0.140. The Morgan fingerprint density at radius 2 is 1.77 bits per heavy atom. The molecule has 2 aromatic carbocycles. The summed E-state index contributed by atoms with van der Waals surface area (Å²) in [6.07, 6.45) is -1.22. The van der Waals surface area contributed by atoms with Gasteiger partial charge in [-0.3, -0.25) is 4.79 Å². The molecule has 0 spiro atoms. The number of hydrogen-bond acceptors (Lipinski definition) is 5. The van der Waals surface area contributed by atoms with E-state index in [2.05, 4.69) is 10.3 Å². The summed E-state index contributed by atoms with van der Waals surface area (Å²) in [4.78, 5) is 15.8. The number of nitrogens with zero attached hydrogens (tertiary/aromatic N) is 1. The first-order chi connectivity index (χ1) is 16.3. The Morgan fingerprint density at radius 1 is 1.11 bits per heavy atom. The second-order valence-electron chi connectivity index (χ2n) is 8.77. The molecule has 6 nitrogen and oxygen atoms in total. The Bertz CT molecular complexity index is 1400. The molecule has 0 bridgehead atoms. The van der Waals surface area contributed by atoms with Crippen LogP contribution in [-0.4, -0.2) is 31.6 Å². The van der Waals surface area contributed by atoms with E-state index in [4.69, 9.17) is 17.3 Å². The zero-order valence-corrected chi connectivity index (χ0v) is 20.3. The number of hydrogen-bond donors (Lipinski definition) is 2. The molecule has 1 aromatic heterocycles. The zero-order chi connectivity index (χ0) is 25.5. The van der Waals surface area contributed by atoms with E-state index in [9.17, 15) is 26.4 Å². The van der Waals surface area contributed by atoms with E-state index in [0.717, 1.165) is 12.3 Å². The Balaban J connectivity index is 1.60. The van der Waals surface area contributed by atoms with Crippen molar-refractivity contribution in [1.82, 2.24) is 4.98 Å². The van der Waals surface area contributed by atoms with Gasteiger partial charge in [0.15, 0.2) is 9.84 Å². The molecule has 3 aromatic rings. The van der Waals surface area contributed by atoms with Gasteiger partial charge in [-0.25, -0.2) is 13.4 Å². The number of alkyl halides is 3. The molecule has 35 heavy (non-hydrogen) atoms. The molecule has 0 saturated heterocycles. The highest BCUT2D eigenvalue weighted by molar-refractivity contribution is 7.90. The van der Waals surface area contributed by atoms with Gasteiger partial charge in [0.2, 0.25) is 0 Å². The Hall–Kier alpha value is -2.85. The minimum atomic E-state index is -4.58. The SMILES string of the molecule is CS(=O)(=O)c1cc(Cl)c(C(N)=O)c(C2CCC(Nc3cc(C(F)(F)F)nc4ccccc34)CC2)c1. The maximum atomic E-state index is 13.4. The molecule has 0 atom stereocenters. The van der Waals surface area contributed by atoms with Crippen molar-refractivity contribution in [3.05, 3.63) is 64.3 Å². The summed E-state index contributed by atoms with van der Waals surface area (Å²) in [6.45, 7) is 0. The fourth-order valence-electron chi connectivity index (χ4n) is 4.61. The van der Waals surface area contributed by atoms with E-state index in [1.807, 2.05) is 0 Å². The van der Waals surface area contributed by atoms with Gasteiger partial charge in [-0.05, 0) is 61.4 Å². The number of sulfone groups is 1. The predicted molar refractivity (Wildman–Crippen MR) is 128 cm³/mol. The fraction of sp³-hybridized carbons (Fsp3) is 0.333. The smallest absolute Gasteiger partial charge is 0.382 e. The first-order valence-electron chi connectivity index (χ1n) is 10.9. The van der Waals surface area contributed by atoms with Crippen LogP contribution in [0.3, 0.4) is 0 Å². The van der Waals surface area contributed by atoms with Crippen molar-refractivity contribution >= 4 is 43.9 Å². The number of carbonyl (C=O) groups excluding carboxylic acids is 1. The first-order valence-corrected chi connectivity index (χ1v) is 13.2. The highest BCUT2D eigenvalue weighted by Gasteiger charge is 2.34. The number of fused-ring (bicyclic) bond motifs is 1. The molecular weight excluding hydrogens is 503 g/mol. The summed E-state index contributed by atoms with van der Waals surface area (Å²) in [6, 6.07) is 10.2.